The number of hydrogen-bond acceptors (Lipinski definition) is 3. The molecule has 0 aliphatic rings. The van der Waals surface area contributed by atoms with Crippen molar-refractivity contribution in [2.45, 2.75) is 26.4 Å². The Hall–Kier alpha value is -1.64. The van der Waals surface area contributed by atoms with Crippen LogP contribution in [0.15, 0.2) is 30.3 Å². The van der Waals surface area contributed by atoms with E-state index in [-0.39, 0.29) is 24.3 Å². The summed E-state index contributed by atoms with van der Waals surface area (Å²) in [4.78, 5) is 22.3. The number of rotatable bonds is 4. The summed E-state index contributed by atoms with van der Waals surface area (Å²) in [6, 6.07) is 8.74. The van der Waals surface area contributed by atoms with Crippen molar-refractivity contribution in [1.82, 2.24) is 0 Å². The van der Waals surface area contributed by atoms with E-state index >= 15 is 0 Å². The Labute approximate surface area is 89.1 Å². The largest absolute Gasteiger partial charge is 0.459 e. The Morgan fingerprint density at radius 2 is 1.87 bits per heavy atom. The van der Waals surface area contributed by atoms with E-state index in [1.54, 1.807) is 31.2 Å². The Morgan fingerprint density at radius 3 is 2.40 bits per heavy atom. The summed E-state index contributed by atoms with van der Waals surface area (Å²) in [7, 11) is 0. The Balaban J connectivity index is 2.53. The van der Waals surface area contributed by atoms with Crippen LogP contribution in [-0.4, -0.2) is 17.9 Å². The van der Waals surface area contributed by atoms with E-state index in [2.05, 4.69) is 0 Å². The molecule has 0 radical (unpaired) electrons. The molecule has 15 heavy (non-hydrogen) atoms. The van der Waals surface area contributed by atoms with Gasteiger partial charge in [-0.25, -0.2) is 4.79 Å². The topological polar surface area (TPSA) is 43.4 Å². The van der Waals surface area contributed by atoms with Crippen molar-refractivity contribution in [3.63, 3.8) is 0 Å². The van der Waals surface area contributed by atoms with Gasteiger partial charge >= 0.3 is 5.97 Å². The lowest BCUT2D eigenvalue weighted by atomic mass is 10.2. The molecule has 1 aromatic carbocycles. The van der Waals surface area contributed by atoms with Crippen LogP contribution in [0.25, 0.3) is 0 Å². The maximum absolute atomic E-state index is 11.5. The molecular formula is C12H14O3. The molecule has 1 unspecified atom stereocenters. The summed E-state index contributed by atoms with van der Waals surface area (Å²) in [6.45, 7) is 3.19. The fraction of sp³-hybridized carbons (Fsp3) is 0.333. The van der Waals surface area contributed by atoms with Gasteiger partial charge in [0.25, 0.3) is 0 Å². The van der Waals surface area contributed by atoms with Crippen LogP contribution in [-0.2, 0) is 9.53 Å². The number of Topliss-reactive ketones (excluding diaryl/α,β-unsaturated/α-hetero) is 1. The van der Waals surface area contributed by atoms with Gasteiger partial charge in [-0.05, 0) is 26.0 Å². The first-order valence-corrected chi connectivity index (χ1v) is 4.85. The van der Waals surface area contributed by atoms with Crippen LogP contribution in [0, 0.1) is 0 Å². The van der Waals surface area contributed by atoms with Crippen LogP contribution >= 0.6 is 0 Å². The van der Waals surface area contributed by atoms with Gasteiger partial charge < -0.3 is 4.74 Å². The molecule has 0 saturated heterocycles. The lowest BCUT2D eigenvalue weighted by Crippen LogP contribution is -2.17. The second-order valence-electron chi connectivity index (χ2n) is 3.49. The Kier molecular flexibility index (Phi) is 4.03. The molecule has 1 atom stereocenters. The number of ether oxygens (including phenoxy) is 1. The Bertz CT molecular complexity index is 343. The van der Waals surface area contributed by atoms with Crippen molar-refractivity contribution < 1.29 is 14.3 Å². The molecule has 0 heterocycles. The van der Waals surface area contributed by atoms with E-state index in [4.69, 9.17) is 4.74 Å². The minimum Gasteiger partial charge on any atom is -0.459 e. The normalized spacial score (nSPS) is 11.9. The summed E-state index contributed by atoms with van der Waals surface area (Å²) < 4.78 is 5.09. The summed E-state index contributed by atoms with van der Waals surface area (Å²) in [5.74, 6) is -0.368. The van der Waals surface area contributed by atoms with Crippen molar-refractivity contribution in [3.8, 4) is 0 Å². The summed E-state index contributed by atoms with van der Waals surface area (Å²) in [6.07, 6.45) is -0.103. The van der Waals surface area contributed by atoms with Crippen LogP contribution in [0.3, 0.4) is 0 Å². The van der Waals surface area contributed by atoms with Crippen molar-refractivity contribution in [3.05, 3.63) is 35.9 Å². The lowest BCUT2D eigenvalue weighted by molar-refractivity contribution is -0.118. The maximum atomic E-state index is 11.5. The van der Waals surface area contributed by atoms with Gasteiger partial charge in [-0.15, -0.1) is 0 Å². The zero-order valence-corrected chi connectivity index (χ0v) is 8.90. The highest BCUT2D eigenvalue weighted by atomic mass is 16.5. The summed E-state index contributed by atoms with van der Waals surface area (Å²) in [5.41, 5.74) is 0.507. The van der Waals surface area contributed by atoms with Crippen LogP contribution in [0.5, 0.6) is 0 Å². The highest BCUT2D eigenvalue weighted by molar-refractivity contribution is 5.89. The molecule has 0 aliphatic carbocycles. The molecule has 0 fully saturated rings. The minimum absolute atomic E-state index is 0.0170. The quantitative estimate of drug-likeness (QED) is 0.709. The second kappa shape index (κ2) is 5.29. The first-order valence-electron chi connectivity index (χ1n) is 4.85. The highest BCUT2D eigenvalue weighted by Crippen LogP contribution is 2.06. The third-order valence-corrected chi connectivity index (χ3v) is 1.89. The predicted molar refractivity (Wildman–Crippen MR) is 56.6 cm³/mol. The average molecular weight is 206 g/mol. The molecule has 3 nitrogen and oxygen atoms in total. The van der Waals surface area contributed by atoms with E-state index in [1.165, 1.54) is 6.92 Å². The fourth-order valence-corrected chi connectivity index (χ4v) is 1.27. The third kappa shape index (κ3) is 3.94. The van der Waals surface area contributed by atoms with Crippen LogP contribution in [0.1, 0.15) is 30.6 Å². The van der Waals surface area contributed by atoms with Crippen molar-refractivity contribution in [2.75, 3.05) is 0 Å². The molecule has 0 aromatic heterocycles. The second-order valence-corrected chi connectivity index (χ2v) is 3.49. The number of carbonyl (C=O) groups is 2. The smallest absolute Gasteiger partial charge is 0.338 e. The van der Waals surface area contributed by atoms with Gasteiger partial charge in [0.15, 0.2) is 0 Å². The number of ketones is 1. The van der Waals surface area contributed by atoms with E-state index in [1.807, 2.05) is 6.07 Å². The molecule has 1 aromatic rings. The van der Waals surface area contributed by atoms with Gasteiger partial charge in [-0.1, -0.05) is 18.2 Å². The van der Waals surface area contributed by atoms with Gasteiger partial charge in [0.05, 0.1) is 5.56 Å². The third-order valence-electron chi connectivity index (χ3n) is 1.89. The molecule has 80 valence electrons. The number of benzene rings is 1. The Morgan fingerprint density at radius 1 is 1.27 bits per heavy atom. The molecule has 0 N–H and O–H groups in total. The van der Waals surface area contributed by atoms with E-state index < -0.39 is 0 Å². The SMILES string of the molecule is CC(=O)CC(C)OC(=O)c1ccccc1. The van der Waals surface area contributed by atoms with E-state index in [0.717, 1.165) is 0 Å². The van der Waals surface area contributed by atoms with Crippen LogP contribution in [0.4, 0.5) is 0 Å². The average Bonchev–Trinajstić information content (AvgIpc) is 2.17. The molecule has 0 amide bonds. The zero-order valence-electron chi connectivity index (χ0n) is 8.90. The minimum atomic E-state index is -0.385. The van der Waals surface area contributed by atoms with E-state index in [9.17, 15) is 9.59 Å². The molecule has 0 saturated carbocycles. The highest BCUT2D eigenvalue weighted by Gasteiger charge is 2.12. The van der Waals surface area contributed by atoms with Crippen molar-refractivity contribution >= 4 is 11.8 Å². The first kappa shape index (κ1) is 11.4. The molecule has 3 heteroatoms. The van der Waals surface area contributed by atoms with Gasteiger partial charge in [-0.2, -0.15) is 0 Å². The van der Waals surface area contributed by atoms with Crippen molar-refractivity contribution in [1.29, 1.82) is 0 Å². The zero-order chi connectivity index (χ0) is 11.3. The van der Waals surface area contributed by atoms with E-state index in [0.29, 0.717) is 5.56 Å². The number of hydrogen-bond donors (Lipinski definition) is 0. The monoisotopic (exact) mass is 206 g/mol. The summed E-state index contributed by atoms with van der Waals surface area (Å²) in [5, 5.41) is 0. The molecule has 0 bridgehead atoms. The van der Waals surface area contributed by atoms with Gasteiger partial charge in [0.2, 0.25) is 0 Å². The van der Waals surface area contributed by atoms with Crippen LogP contribution in [0.2, 0.25) is 0 Å². The van der Waals surface area contributed by atoms with Crippen molar-refractivity contribution in [2.24, 2.45) is 0 Å². The van der Waals surface area contributed by atoms with Gasteiger partial charge in [0, 0.05) is 6.42 Å². The number of esters is 1. The fourth-order valence-electron chi connectivity index (χ4n) is 1.27. The summed E-state index contributed by atoms with van der Waals surface area (Å²) >= 11 is 0. The van der Waals surface area contributed by atoms with Gasteiger partial charge in [0.1, 0.15) is 11.9 Å². The number of carbonyl (C=O) groups excluding carboxylic acids is 2. The molecule has 0 aliphatic heterocycles. The predicted octanol–water partition coefficient (Wildman–Crippen LogP) is 2.21. The van der Waals surface area contributed by atoms with Crippen LogP contribution < -0.4 is 0 Å². The first-order chi connectivity index (χ1) is 7.09. The molecule has 0 spiro atoms. The molecular weight excluding hydrogens is 192 g/mol. The van der Waals surface area contributed by atoms with Gasteiger partial charge in [-0.3, -0.25) is 4.79 Å². The standard InChI is InChI=1S/C12H14O3/c1-9(13)8-10(2)15-12(14)11-6-4-3-5-7-11/h3-7,10H,8H2,1-2H3. The lowest BCUT2D eigenvalue weighted by Gasteiger charge is -2.11. The maximum Gasteiger partial charge on any atom is 0.338 e. The molecule has 1 rings (SSSR count).